The van der Waals surface area contributed by atoms with Gasteiger partial charge in [-0.2, -0.15) is 0 Å². The highest BCUT2D eigenvalue weighted by atomic mass is 16.2. The highest BCUT2D eigenvalue weighted by Crippen LogP contribution is 2.22. The van der Waals surface area contributed by atoms with Gasteiger partial charge in [0.2, 0.25) is 11.8 Å². The lowest BCUT2D eigenvalue weighted by Crippen LogP contribution is -2.51. The Morgan fingerprint density at radius 2 is 1.52 bits per heavy atom. The first-order chi connectivity index (χ1) is 13.8. The summed E-state index contributed by atoms with van der Waals surface area (Å²) in [6.45, 7) is 12.5. The highest BCUT2D eigenvalue weighted by Gasteiger charge is 2.24. The van der Waals surface area contributed by atoms with Crippen LogP contribution in [0.5, 0.6) is 0 Å². The Kier molecular flexibility index (Phi) is 6.26. The van der Waals surface area contributed by atoms with Gasteiger partial charge < -0.3 is 14.4 Å². The molecular weight excluding hydrogens is 362 g/mol. The maximum atomic E-state index is 12.6. The summed E-state index contributed by atoms with van der Waals surface area (Å²) < 4.78 is 2.21. The molecule has 0 unspecified atom stereocenters. The van der Waals surface area contributed by atoms with E-state index in [4.69, 9.17) is 0 Å². The summed E-state index contributed by atoms with van der Waals surface area (Å²) in [5, 5.41) is 0. The highest BCUT2D eigenvalue weighted by molar-refractivity contribution is 5.92. The lowest BCUT2D eigenvalue weighted by Gasteiger charge is -2.35. The van der Waals surface area contributed by atoms with E-state index in [2.05, 4.69) is 55.7 Å². The second kappa shape index (κ2) is 8.68. The van der Waals surface area contributed by atoms with Crippen LogP contribution < -0.4 is 0 Å². The zero-order valence-corrected chi connectivity index (χ0v) is 18.1. The number of carbonyl (C=O) groups excluding carboxylic acids is 2. The van der Waals surface area contributed by atoms with Gasteiger partial charge in [-0.15, -0.1) is 0 Å². The zero-order valence-electron chi connectivity index (χ0n) is 18.1. The van der Waals surface area contributed by atoms with Crippen molar-refractivity contribution >= 4 is 17.9 Å². The first-order valence-electron chi connectivity index (χ1n) is 10.3. The van der Waals surface area contributed by atoms with E-state index in [9.17, 15) is 9.59 Å². The van der Waals surface area contributed by atoms with E-state index in [1.165, 1.54) is 5.56 Å². The summed E-state index contributed by atoms with van der Waals surface area (Å²) in [5.41, 5.74) is 5.66. The van der Waals surface area contributed by atoms with Crippen molar-refractivity contribution in [3.8, 4) is 5.69 Å². The van der Waals surface area contributed by atoms with Gasteiger partial charge in [-0.05, 0) is 50.6 Å². The van der Waals surface area contributed by atoms with E-state index in [-0.39, 0.29) is 17.7 Å². The number of amides is 2. The summed E-state index contributed by atoms with van der Waals surface area (Å²) >= 11 is 0. The molecule has 1 aromatic heterocycles. The predicted octanol–water partition coefficient (Wildman–Crippen LogP) is 3.74. The molecule has 2 aromatic rings. The maximum Gasteiger partial charge on any atom is 0.246 e. The standard InChI is InChI=1S/C24H31N3O2/c1-17(2)24(29)26-14-12-25(13-15-26)23(28)11-8-21-16-19(4)27(20(21)5)22-9-6-18(3)7-10-22/h6-11,16-17H,12-15H2,1-5H3/b11-8+. The molecule has 0 spiro atoms. The average Bonchev–Trinajstić information content (AvgIpc) is 2.99. The molecule has 0 bridgehead atoms. The van der Waals surface area contributed by atoms with Crippen LogP contribution >= 0.6 is 0 Å². The smallest absolute Gasteiger partial charge is 0.246 e. The number of rotatable bonds is 4. The van der Waals surface area contributed by atoms with Crippen molar-refractivity contribution in [3.05, 3.63) is 58.9 Å². The van der Waals surface area contributed by atoms with Gasteiger partial charge in [0, 0.05) is 55.2 Å². The Morgan fingerprint density at radius 3 is 2.10 bits per heavy atom. The Morgan fingerprint density at radius 1 is 0.931 bits per heavy atom. The van der Waals surface area contributed by atoms with Gasteiger partial charge >= 0.3 is 0 Å². The Bertz CT molecular complexity index is 914. The molecule has 1 aliphatic heterocycles. The monoisotopic (exact) mass is 393 g/mol. The summed E-state index contributed by atoms with van der Waals surface area (Å²) in [5.74, 6) is 0.166. The van der Waals surface area contributed by atoms with Crippen LogP contribution in [-0.4, -0.2) is 52.4 Å². The number of carbonyl (C=O) groups is 2. The van der Waals surface area contributed by atoms with Crippen molar-refractivity contribution in [3.63, 3.8) is 0 Å². The molecule has 2 amide bonds. The van der Waals surface area contributed by atoms with Crippen LogP contribution in [0.1, 0.15) is 36.4 Å². The quantitative estimate of drug-likeness (QED) is 0.743. The fourth-order valence-electron chi connectivity index (χ4n) is 3.83. The van der Waals surface area contributed by atoms with E-state index < -0.39 is 0 Å². The molecule has 3 rings (SSSR count). The lowest BCUT2D eigenvalue weighted by molar-refractivity contribution is -0.139. The number of hydrogen-bond donors (Lipinski definition) is 0. The molecule has 0 radical (unpaired) electrons. The van der Waals surface area contributed by atoms with Crippen LogP contribution in [0.25, 0.3) is 11.8 Å². The molecule has 5 heteroatoms. The largest absolute Gasteiger partial charge is 0.339 e. The van der Waals surface area contributed by atoms with Crippen LogP contribution in [0.15, 0.2) is 36.4 Å². The summed E-state index contributed by atoms with van der Waals surface area (Å²) in [4.78, 5) is 28.4. The Balaban J connectivity index is 1.68. The SMILES string of the molecule is Cc1ccc(-n2c(C)cc(/C=C/C(=O)N3CCN(C(=O)C(C)C)CC3)c2C)cc1. The molecule has 0 aliphatic carbocycles. The minimum absolute atomic E-state index is 0.000860. The number of nitrogens with zero attached hydrogens (tertiary/aromatic N) is 3. The van der Waals surface area contributed by atoms with Crippen molar-refractivity contribution in [2.45, 2.75) is 34.6 Å². The van der Waals surface area contributed by atoms with E-state index in [0.29, 0.717) is 26.2 Å². The van der Waals surface area contributed by atoms with Crippen LogP contribution in [0.3, 0.4) is 0 Å². The fraction of sp³-hybridized carbons (Fsp3) is 0.417. The van der Waals surface area contributed by atoms with E-state index in [1.54, 1.807) is 6.08 Å². The third-order valence-electron chi connectivity index (χ3n) is 5.56. The van der Waals surface area contributed by atoms with Crippen LogP contribution in [-0.2, 0) is 9.59 Å². The molecule has 29 heavy (non-hydrogen) atoms. The fourth-order valence-corrected chi connectivity index (χ4v) is 3.83. The van der Waals surface area contributed by atoms with Gasteiger partial charge in [0.15, 0.2) is 0 Å². The average molecular weight is 394 g/mol. The third-order valence-corrected chi connectivity index (χ3v) is 5.56. The van der Waals surface area contributed by atoms with E-state index >= 15 is 0 Å². The van der Waals surface area contributed by atoms with Gasteiger partial charge in [0.05, 0.1) is 0 Å². The summed E-state index contributed by atoms with van der Waals surface area (Å²) in [6.07, 6.45) is 3.56. The van der Waals surface area contributed by atoms with Crippen molar-refractivity contribution < 1.29 is 9.59 Å². The molecule has 0 N–H and O–H groups in total. The molecule has 2 heterocycles. The Hall–Kier alpha value is -2.82. The lowest BCUT2D eigenvalue weighted by atomic mass is 10.1. The van der Waals surface area contributed by atoms with E-state index in [0.717, 1.165) is 22.6 Å². The molecule has 5 nitrogen and oxygen atoms in total. The van der Waals surface area contributed by atoms with Gasteiger partial charge in [-0.1, -0.05) is 31.5 Å². The third kappa shape index (κ3) is 4.61. The molecule has 1 fully saturated rings. The molecule has 0 saturated carbocycles. The summed E-state index contributed by atoms with van der Waals surface area (Å²) in [7, 11) is 0. The van der Waals surface area contributed by atoms with Crippen LogP contribution in [0.4, 0.5) is 0 Å². The van der Waals surface area contributed by atoms with Crippen LogP contribution in [0.2, 0.25) is 0 Å². The van der Waals surface area contributed by atoms with Gasteiger partial charge in [-0.3, -0.25) is 9.59 Å². The number of benzene rings is 1. The minimum atomic E-state index is 0.000860. The number of piperazine rings is 1. The van der Waals surface area contributed by atoms with E-state index in [1.807, 2.05) is 29.7 Å². The Labute approximate surface area is 173 Å². The van der Waals surface area contributed by atoms with Crippen molar-refractivity contribution in [1.29, 1.82) is 0 Å². The first-order valence-corrected chi connectivity index (χ1v) is 10.3. The van der Waals surface area contributed by atoms with Crippen molar-refractivity contribution in [2.75, 3.05) is 26.2 Å². The normalized spacial score (nSPS) is 14.8. The molecule has 1 aromatic carbocycles. The van der Waals surface area contributed by atoms with Gasteiger partial charge in [-0.25, -0.2) is 0 Å². The molecular formula is C24H31N3O2. The topological polar surface area (TPSA) is 45.6 Å². The van der Waals surface area contributed by atoms with Crippen molar-refractivity contribution in [2.24, 2.45) is 5.92 Å². The summed E-state index contributed by atoms with van der Waals surface area (Å²) in [6, 6.07) is 10.6. The van der Waals surface area contributed by atoms with Gasteiger partial charge in [0.25, 0.3) is 0 Å². The van der Waals surface area contributed by atoms with Crippen LogP contribution in [0, 0.1) is 26.7 Å². The molecule has 0 atom stereocenters. The first kappa shape index (κ1) is 20.9. The predicted molar refractivity (Wildman–Crippen MR) is 117 cm³/mol. The number of aryl methyl sites for hydroxylation is 2. The molecule has 1 aliphatic rings. The van der Waals surface area contributed by atoms with Gasteiger partial charge in [0.1, 0.15) is 0 Å². The second-order valence-corrected chi connectivity index (χ2v) is 8.14. The number of aromatic nitrogens is 1. The maximum absolute atomic E-state index is 12.6. The molecule has 154 valence electrons. The zero-order chi connectivity index (χ0) is 21.1. The second-order valence-electron chi connectivity index (χ2n) is 8.14. The number of hydrogen-bond acceptors (Lipinski definition) is 2. The van der Waals surface area contributed by atoms with Crippen molar-refractivity contribution in [1.82, 2.24) is 14.4 Å². The minimum Gasteiger partial charge on any atom is -0.339 e. The molecule has 1 saturated heterocycles.